The number of nitrogens with one attached hydrogen (secondary N) is 1. The third-order valence-electron chi connectivity index (χ3n) is 6.58. The molecule has 0 amide bonds. The van der Waals surface area contributed by atoms with Crippen molar-refractivity contribution in [3.8, 4) is 5.88 Å². The average Bonchev–Trinajstić information content (AvgIpc) is 2.87. The fourth-order valence-electron chi connectivity index (χ4n) is 4.62. The third kappa shape index (κ3) is 5.58. The lowest BCUT2D eigenvalue weighted by atomic mass is 9.79. The summed E-state index contributed by atoms with van der Waals surface area (Å²) in [4.78, 5) is 8.79. The van der Waals surface area contributed by atoms with Crippen LogP contribution in [0.25, 0.3) is 17.1 Å². The van der Waals surface area contributed by atoms with E-state index in [9.17, 15) is 13.9 Å². The minimum atomic E-state index is -0.858. The van der Waals surface area contributed by atoms with Crippen LogP contribution in [0.15, 0.2) is 48.7 Å². The zero-order chi connectivity index (χ0) is 24.1. The zero-order valence-electron chi connectivity index (χ0n) is 19.1. The van der Waals surface area contributed by atoms with Crippen LogP contribution in [0.4, 0.5) is 8.78 Å². The molecule has 2 atom stereocenters. The Labute approximate surface area is 197 Å². The molecule has 1 fully saturated rings. The van der Waals surface area contributed by atoms with E-state index in [1.165, 1.54) is 6.07 Å². The topological polar surface area (TPSA) is 93.3 Å². The first-order valence-corrected chi connectivity index (χ1v) is 11.5. The number of benzene rings is 1. The van der Waals surface area contributed by atoms with Gasteiger partial charge in [0.2, 0.25) is 5.88 Å². The first-order valence-electron chi connectivity index (χ1n) is 11.5. The molecule has 2 unspecified atom stereocenters. The summed E-state index contributed by atoms with van der Waals surface area (Å²) in [6.07, 6.45) is 7.82. The van der Waals surface area contributed by atoms with E-state index >= 15 is 0 Å². The molecule has 4 N–H and O–H groups in total. The molecule has 1 aromatic carbocycles. The lowest BCUT2D eigenvalue weighted by Gasteiger charge is -2.34. The number of rotatable bonds is 8. The molecule has 0 saturated heterocycles. The predicted octanol–water partition coefficient (Wildman–Crippen LogP) is 4.14. The largest absolute Gasteiger partial charge is 0.481 e. The van der Waals surface area contributed by atoms with Crippen molar-refractivity contribution in [3.05, 3.63) is 71.4 Å². The van der Waals surface area contributed by atoms with Crippen LogP contribution < -0.4 is 15.8 Å². The van der Waals surface area contributed by atoms with Gasteiger partial charge in [0.15, 0.2) is 0 Å². The number of aromatic nitrogens is 2. The second kappa shape index (κ2) is 11.0. The fraction of sp³-hybridized carbons (Fsp3) is 0.385. The maximum Gasteiger partial charge on any atom is 0.213 e. The Morgan fingerprint density at radius 1 is 1.18 bits per heavy atom. The van der Waals surface area contributed by atoms with E-state index in [0.29, 0.717) is 35.1 Å². The molecule has 0 spiro atoms. The molecule has 1 aliphatic rings. The highest BCUT2D eigenvalue weighted by Gasteiger charge is 2.31. The molecule has 1 saturated carbocycles. The lowest BCUT2D eigenvalue weighted by molar-refractivity contribution is 0.101. The van der Waals surface area contributed by atoms with Crippen molar-refractivity contribution < 1.29 is 18.6 Å². The van der Waals surface area contributed by atoms with E-state index in [1.54, 1.807) is 37.6 Å². The van der Waals surface area contributed by atoms with Crippen LogP contribution in [-0.2, 0) is 0 Å². The summed E-state index contributed by atoms with van der Waals surface area (Å²) in [6, 6.07) is 8.63. The van der Waals surface area contributed by atoms with Gasteiger partial charge >= 0.3 is 0 Å². The van der Waals surface area contributed by atoms with Crippen molar-refractivity contribution in [2.45, 2.75) is 43.9 Å². The van der Waals surface area contributed by atoms with Crippen LogP contribution in [0, 0.1) is 17.6 Å². The number of methoxy groups -OCH3 is 1. The number of halogens is 2. The Balaban J connectivity index is 1.31. The summed E-state index contributed by atoms with van der Waals surface area (Å²) >= 11 is 0. The SMILES string of the molecule is COc1ccc2nccc(C(O)C(N)C3CCC(NC/C=C/c4cc(F)ccc4F)CC3)c2n1. The fourth-order valence-corrected chi connectivity index (χ4v) is 4.62. The summed E-state index contributed by atoms with van der Waals surface area (Å²) in [7, 11) is 1.55. The van der Waals surface area contributed by atoms with E-state index in [0.717, 1.165) is 37.8 Å². The van der Waals surface area contributed by atoms with Gasteiger partial charge in [-0.3, -0.25) is 4.98 Å². The van der Waals surface area contributed by atoms with E-state index < -0.39 is 23.8 Å². The van der Waals surface area contributed by atoms with Crippen LogP contribution in [-0.4, -0.2) is 40.8 Å². The van der Waals surface area contributed by atoms with Gasteiger partial charge in [0.25, 0.3) is 0 Å². The normalized spacial score (nSPS) is 20.5. The van der Waals surface area contributed by atoms with Gasteiger partial charge in [-0.1, -0.05) is 12.2 Å². The second-order valence-electron chi connectivity index (χ2n) is 8.73. The maximum absolute atomic E-state index is 13.7. The number of aliphatic hydroxyl groups excluding tert-OH is 1. The van der Waals surface area contributed by atoms with Gasteiger partial charge in [-0.25, -0.2) is 13.8 Å². The molecule has 34 heavy (non-hydrogen) atoms. The standard InChI is InChI=1S/C26H30F2N4O2/c1-34-23-11-10-22-25(32-23)20(12-14-31-22)26(33)24(29)16-4-7-19(8-5-16)30-13-2-3-17-15-18(27)6-9-21(17)28/h2-3,6,9-12,14-16,19,24,26,30,33H,4-5,7-8,13,29H2,1H3/b3-2+. The molecule has 3 aromatic rings. The predicted molar refractivity (Wildman–Crippen MR) is 128 cm³/mol. The summed E-state index contributed by atoms with van der Waals surface area (Å²) in [6.45, 7) is 0.566. The number of ether oxygens (including phenoxy) is 1. The van der Waals surface area contributed by atoms with Crippen LogP contribution in [0.3, 0.4) is 0 Å². The molecule has 0 bridgehead atoms. The molecule has 0 aliphatic heterocycles. The Morgan fingerprint density at radius 2 is 1.97 bits per heavy atom. The smallest absolute Gasteiger partial charge is 0.213 e. The summed E-state index contributed by atoms with van der Waals surface area (Å²) in [5.74, 6) is -0.260. The first-order chi connectivity index (χ1) is 16.5. The molecule has 2 aromatic heterocycles. The van der Waals surface area contributed by atoms with E-state index in [1.807, 2.05) is 6.07 Å². The van der Waals surface area contributed by atoms with Crippen LogP contribution in [0.5, 0.6) is 5.88 Å². The Morgan fingerprint density at radius 3 is 2.74 bits per heavy atom. The Bertz CT molecular complexity index is 1150. The van der Waals surface area contributed by atoms with Crippen molar-refractivity contribution in [2.24, 2.45) is 11.7 Å². The third-order valence-corrected chi connectivity index (χ3v) is 6.58. The van der Waals surface area contributed by atoms with Gasteiger partial charge in [0.1, 0.15) is 11.6 Å². The van der Waals surface area contributed by atoms with E-state index in [4.69, 9.17) is 10.5 Å². The van der Waals surface area contributed by atoms with Crippen LogP contribution in [0.1, 0.15) is 42.9 Å². The highest BCUT2D eigenvalue weighted by Crippen LogP contribution is 2.33. The quantitative estimate of drug-likeness (QED) is 0.460. The molecule has 180 valence electrons. The van der Waals surface area contributed by atoms with Crippen molar-refractivity contribution >= 4 is 17.1 Å². The zero-order valence-corrected chi connectivity index (χ0v) is 19.1. The number of fused-ring (bicyclic) bond motifs is 1. The van der Waals surface area contributed by atoms with Crippen LogP contribution >= 0.6 is 0 Å². The average molecular weight is 469 g/mol. The van der Waals surface area contributed by atoms with Gasteiger partial charge in [-0.15, -0.1) is 0 Å². The lowest BCUT2D eigenvalue weighted by Crippen LogP contribution is -2.41. The number of hydrogen-bond acceptors (Lipinski definition) is 6. The first kappa shape index (κ1) is 24.2. The van der Waals surface area contributed by atoms with Crippen molar-refractivity contribution in [2.75, 3.05) is 13.7 Å². The summed E-state index contributed by atoms with van der Waals surface area (Å²) < 4.78 is 32.2. The number of aliphatic hydroxyl groups is 1. The molecule has 4 rings (SSSR count). The number of nitrogens with two attached hydrogens (primary N) is 1. The van der Waals surface area contributed by atoms with Crippen molar-refractivity contribution in [1.29, 1.82) is 0 Å². The van der Waals surface area contributed by atoms with Crippen molar-refractivity contribution in [1.82, 2.24) is 15.3 Å². The van der Waals surface area contributed by atoms with Crippen LogP contribution in [0.2, 0.25) is 0 Å². The van der Waals surface area contributed by atoms with Gasteiger partial charge in [-0.2, -0.15) is 0 Å². The van der Waals surface area contributed by atoms with Gasteiger partial charge in [0, 0.05) is 42.0 Å². The minimum absolute atomic E-state index is 0.179. The monoisotopic (exact) mass is 468 g/mol. The van der Waals surface area contributed by atoms with E-state index in [2.05, 4.69) is 15.3 Å². The molecular weight excluding hydrogens is 438 g/mol. The van der Waals surface area contributed by atoms with E-state index in [-0.39, 0.29) is 11.5 Å². The number of pyridine rings is 2. The maximum atomic E-state index is 13.7. The highest BCUT2D eigenvalue weighted by molar-refractivity contribution is 5.78. The van der Waals surface area contributed by atoms with Crippen molar-refractivity contribution in [3.63, 3.8) is 0 Å². The Hall–Kier alpha value is -2.94. The molecular formula is C26H30F2N4O2. The molecule has 6 nitrogen and oxygen atoms in total. The Kier molecular flexibility index (Phi) is 7.82. The number of hydrogen-bond donors (Lipinski definition) is 3. The van der Waals surface area contributed by atoms with Gasteiger partial charge in [0.05, 0.1) is 24.2 Å². The summed E-state index contributed by atoms with van der Waals surface area (Å²) in [5.41, 5.74) is 8.69. The molecule has 0 radical (unpaired) electrons. The minimum Gasteiger partial charge on any atom is -0.481 e. The second-order valence-corrected chi connectivity index (χ2v) is 8.73. The summed E-state index contributed by atoms with van der Waals surface area (Å²) in [5, 5.41) is 14.5. The van der Waals surface area contributed by atoms with Gasteiger partial charge < -0.3 is 20.9 Å². The number of nitrogens with zero attached hydrogens (tertiary/aromatic N) is 2. The van der Waals surface area contributed by atoms with Gasteiger partial charge in [-0.05, 0) is 61.9 Å². The highest BCUT2D eigenvalue weighted by atomic mass is 19.1. The molecule has 2 heterocycles. The molecule has 1 aliphatic carbocycles. The molecule has 8 heteroatoms.